The maximum absolute atomic E-state index is 13.2. The summed E-state index contributed by atoms with van der Waals surface area (Å²) in [7, 11) is -3.73. The van der Waals surface area contributed by atoms with Crippen LogP contribution in [-0.2, 0) is 14.8 Å². The van der Waals surface area contributed by atoms with E-state index < -0.39 is 15.8 Å². The number of hydrogen-bond donors (Lipinski definition) is 1. The van der Waals surface area contributed by atoms with Gasteiger partial charge >= 0.3 is 0 Å². The van der Waals surface area contributed by atoms with Crippen molar-refractivity contribution in [3.8, 4) is 21.7 Å². The van der Waals surface area contributed by atoms with Crippen LogP contribution in [0.5, 0.6) is 0 Å². The van der Waals surface area contributed by atoms with E-state index in [2.05, 4.69) is 5.32 Å². The minimum atomic E-state index is -3.73. The Morgan fingerprint density at radius 2 is 1.47 bits per heavy atom. The van der Waals surface area contributed by atoms with Crippen molar-refractivity contribution in [3.05, 3.63) is 90.7 Å². The van der Waals surface area contributed by atoms with E-state index in [4.69, 9.17) is 4.98 Å². The van der Waals surface area contributed by atoms with E-state index in [0.717, 1.165) is 33.8 Å². The third-order valence-electron chi connectivity index (χ3n) is 6.22. The summed E-state index contributed by atoms with van der Waals surface area (Å²) < 4.78 is 40.3. The second kappa shape index (κ2) is 10.3. The number of rotatable bonds is 6. The van der Waals surface area contributed by atoms with Gasteiger partial charge in [-0.25, -0.2) is 17.8 Å². The number of thiazole rings is 1. The highest BCUT2D eigenvalue weighted by molar-refractivity contribution is 7.89. The van der Waals surface area contributed by atoms with E-state index in [9.17, 15) is 17.6 Å². The number of amides is 1. The van der Waals surface area contributed by atoms with E-state index in [1.807, 2.05) is 60.7 Å². The van der Waals surface area contributed by atoms with Crippen molar-refractivity contribution in [2.24, 2.45) is 5.92 Å². The first-order chi connectivity index (χ1) is 17.4. The predicted molar refractivity (Wildman–Crippen MR) is 139 cm³/mol. The lowest BCUT2D eigenvalue weighted by Gasteiger charge is -2.30. The Kier molecular flexibility index (Phi) is 6.95. The molecule has 1 fully saturated rings. The number of aromatic nitrogens is 1. The number of benzene rings is 3. The first kappa shape index (κ1) is 24.3. The van der Waals surface area contributed by atoms with Gasteiger partial charge in [0, 0.05) is 24.6 Å². The van der Waals surface area contributed by atoms with Crippen molar-refractivity contribution in [1.82, 2.24) is 9.29 Å². The van der Waals surface area contributed by atoms with Crippen LogP contribution in [0.15, 0.2) is 89.8 Å². The predicted octanol–water partition coefficient (Wildman–Crippen LogP) is 5.66. The molecule has 3 aromatic carbocycles. The maximum atomic E-state index is 13.2. The van der Waals surface area contributed by atoms with Gasteiger partial charge in [0.2, 0.25) is 15.9 Å². The normalized spacial score (nSPS) is 15.0. The summed E-state index contributed by atoms with van der Waals surface area (Å²) >= 11 is 1.42. The molecular weight excluding hydrogens is 497 g/mol. The molecule has 1 N–H and O–H groups in total. The lowest BCUT2D eigenvalue weighted by atomic mass is 9.97. The van der Waals surface area contributed by atoms with Crippen LogP contribution in [0.25, 0.3) is 21.7 Å². The Labute approximate surface area is 213 Å². The van der Waals surface area contributed by atoms with Crippen LogP contribution in [0, 0.1) is 11.7 Å². The zero-order valence-corrected chi connectivity index (χ0v) is 20.9. The number of carbonyl (C=O) groups excluding carboxylic acids is 1. The molecule has 0 aliphatic carbocycles. The van der Waals surface area contributed by atoms with Gasteiger partial charge in [-0.3, -0.25) is 4.79 Å². The average molecular weight is 522 g/mol. The van der Waals surface area contributed by atoms with Crippen LogP contribution in [0.1, 0.15) is 12.8 Å². The number of anilines is 1. The molecule has 0 unspecified atom stereocenters. The number of nitrogens with zero attached hydrogens (tertiary/aromatic N) is 2. The standard InChI is InChI=1S/C27H24FN3O3S2/c28-22-11-13-23(14-12-22)36(33,34)31-17-15-21(16-18-31)26(32)30-27-29-24(19-7-3-1-4-8-19)25(35-27)20-9-5-2-6-10-20/h1-14,21H,15-18H2,(H,29,30,32). The second-order valence-corrected chi connectivity index (χ2v) is 11.5. The molecule has 2 heterocycles. The number of sulfonamides is 1. The van der Waals surface area contributed by atoms with Gasteiger partial charge in [0.25, 0.3) is 0 Å². The highest BCUT2D eigenvalue weighted by Crippen LogP contribution is 2.39. The lowest BCUT2D eigenvalue weighted by Crippen LogP contribution is -2.41. The van der Waals surface area contributed by atoms with Crippen LogP contribution in [0.3, 0.4) is 0 Å². The molecule has 4 aromatic rings. The van der Waals surface area contributed by atoms with E-state index >= 15 is 0 Å². The summed E-state index contributed by atoms with van der Waals surface area (Å²) in [6.45, 7) is 0.445. The average Bonchev–Trinajstić information content (AvgIpc) is 3.34. The van der Waals surface area contributed by atoms with E-state index in [1.165, 1.54) is 27.8 Å². The molecule has 5 rings (SSSR count). The van der Waals surface area contributed by atoms with Crippen molar-refractivity contribution < 1.29 is 17.6 Å². The molecule has 36 heavy (non-hydrogen) atoms. The zero-order chi connectivity index (χ0) is 25.1. The zero-order valence-electron chi connectivity index (χ0n) is 19.3. The van der Waals surface area contributed by atoms with Gasteiger partial charge in [0.15, 0.2) is 5.13 Å². The van der Waals surface area contributed by atoms with Gasteiger partial charge in [0.1, 0.15) is 5.82 Å². The van der Waals surface area contributed by atoms with Crippen molar-refractivity contribution in [1.29, 1.82) is 0 Å². The molecule has 0 radical (unpaired) electrons. The molecule has 184 valence electrons. The van der Waals surface area contributed by atoms with Crippen LogP contribution >= 0.6 is 11.3 Å². The Morgan fingerprint density at radius 1 is 0.889 bits per heavy atom. The summed E-state index contributed by atoms with van der Waals surface area (Å²) in [6.07, 6.45) is 0.795. The molecule has 1 saturated heterocycles. The molecule has 0 saturated carbocycles. The molecular formula is C27H24FN3O3S2. The topological polar surface area (TPSA) is 79.4 Å². The molecule has 0 spiro atoms. The number of nitrogens with one attached hydrogen (secondary N) is 1. The van der Waals surface area contributed by atoms with E-state index in [-0.39, 0.29) is 29.8 Å². The minimum Gasteiger partial charge on any atom is -0.302 e. The summed E-state index contributed by atoms with van der Waals surface area (Å²) in [6, 6.07) is 24.6. The minimum absolute atomic E-state index is 0.0523. The molecule has 1 amide bonds. The Morgan fingerprint density at radius 3 is 2.08 bits per heavy atom. The Hall–Kier alpha value is -3.40. The molecule has 0 atom stereocenters. The smallest absolute Gasteiger partial charge is 0.243 e. The summed E-state index contributed by atoms with van der Waals surface area (Å²) in [4.78, 5) is 18.8. The second-order valence-electron chi connectivity index (χ2n) is 8.55. The lowest BCUT2D eigenvalue weighted by molar-refractivity contribution is -0.120. The van der Waals surface area contributed by atoms with Crippen molar-refractivity contribution >= 4 is 32.4 Å². The first-order valence-electron chi connectivity index (χ1n) is 11.6. The van der Waals surface area contributed by atoms with Crippen molar-refractivity contribution in [2.45, 2.75) is 17.7 Å². The van der Waals surface area contributed by atoms with Gasteiger partial charge in [0.05, 0.1) is 15.5 Å². The Balaban J connectivity index is 1.30. The van der Waals surface area contributed by atoms with Gasteiger partial charge in [-0.2, -0.15) is 4.31 Å². The van der Waals surface area contributed by atoms with Gasteiger partial charge in [-0.05, 0) is 42.7 Å². The van der Waals surface area contributed by atoms with Crippen LogP contribution < -0.4 is 5.32 Å². The summed E-state index contributed by atoms with van der Waals surface area (Å²) in [5, 5.41) is 3.48. The van der Waals surface area contributed by atoms with E-state index in [0.29, 0.717) is 18.0 Å². The van der Waals surface area contributed by atoms with Gasteiger partial charge < -0.3 is 5.32 Å². The third-order valence-corrected chi connectivity index (χ3v) is 9.15. The molecule has 1 aromatic heterocycles. The number of hydrogen-bond acceptors (Lipinski definition) is 5. The molecule has 0 bridgehead atoms. The first-order valence-corrected chi connectivity index (χ1v) is 13.9. The van der Waals surface area contributed by atoms with Crippen LogP contribution in [0.4, 0.5) is 9.52 Å². The fourth-order valence-electron chi connectivity index (χ4n) is 4.27. The number of halogens is 1. The third kappa shape index (κ3) is 5.09. The van der Waals surface area contributed by atoms with Gasteiger partial charge in [-0.1, -0.05) is 72.0 Å². The SMILES string of the molecule is O=C(Nc1nc(-c2ccccc2)c(-c2ccccc2)s1)C1CCN(S(=O)(=O)c2ccc(F)cc2)CC1. The van der Waals surface area contributed by atoms with Crippen LogP contribution in [0.2, 0.25) is 0 Å². The number of carbonyl (C=O) groups is 1. The molecule has 1 aliphatic rings. The van der Waals surface area contributed by atoms with Gasteiger partial charge in [-0.15, -0.1) is 0 Å². The van der Waals surface area contributed by atoms with Crippen molar-refractivity contribution in [3.63, 3.8) is 0 Å². The quantitative estimate of drug-likeness (QED) is 0.355. The molecule has 6 nitrogen and oxygen atoms in total. The summed E-state index contributed by atoms with van der Waals surface area (Å²) in [5.41, 5.74) is 2.79. The number of piperidine rings is 1. The monoisotopic (exact) mass is 521 g/mol. The summed E-state index contributed by atoms with van der Waals surface area (Å²) in [5.74, 6) is -0.979. The highest BCUT2D eigenvalue weighted by Gasteiger charge is 2.32. The van der Waals surface area contributed by atoms with Crippen LogP contribution in [-0.4, -0.2) is 36.7 Å². The fourth-order valence-corrected chi connectivity index (χ4v) is 6.74. The maximum Gasteiger partial charge on any atom is 0.243 e. The fraction of sp³-hybridized carbons (Fsp3) is 0.185. The highest BCUT2D eigenvalue weighted by atomic mass is 32.2. The molecule has 1 aliphatic heterocycles. The van der Waals surface area contributed by atoms with Crippen molar-refractivity contribution in [2.75, 3.05) is 18.4 Å². The molecule has 9 heteroatoms. The van der Waals surface area contributed by atoms with E-state index in [1.54, 1.807) is 0 Å². The largest absolute Gasteiger partial charge is 0.302 e. The Bertz CT molecular complexity index is 1390.